The summed E-state index contributed by atoms with van der Waals surface area (Å²) in [7, 11) is 0. The van der Waals surface area contributed by atoms with Crippen molar-refractivity contribution >= 4 is 0 Å². The van der Waals surface area contributed by atoms with Gasteiger partial charge in [0.25, 0.3) is 0 Å². The van der Waals surface area contributed by atoms with Gasteiger partial charge < -0.3 is 16.2 Å². The van der Waals surface area contributed by atoms with E-state index in [4.69, 9.17) is 5.73 Å². The largest absolute Gasteiger partial charge is 0.394 e. The van der Waals surface area contributed by atoms with E-state index in [-0.39, 0.29) is 12.6 Å². The van der Waals surface area contributed by atoms with Gasteiger partial charge in [-0.1, -0.05) is 43.2 Å². The lowest BCUT2D eigenvalue weighted by atomic mass is 9.84. The molecule has 4 N–H and O–H groups in total. The van der Waals surface area contributed by atoms with E-state index in [0.717, 1.165) is 12.1 Å². The summed E-state index contributed by atoms with van der Waals surface area (Å²) in [5.74, 6) is 0.552. The van der Waals surface area contributed by atoms with Crippen molar-refractivity contribution in [3.8, 4) is 0 Å². The van der Waals surface area contributed by atoms with E-state index < -0.39 is 0 Å². The van der Waals surface area contributed by atoms with Crippen molar-refractivity contribution in [1.82, 2.24) is 5.32 Å². The number of benzene rings is 1. The van der Waals surface area contributed by atoms with E-state index in [1.807, 2.05) is 18.2 Å². The standard InChI is InChI=1S/C15H24N2O/c16-10-13-8-4-5-9-14(13)17-15(11-18)12-6-2-1-3-7-12/h1-3,6-7,13-15,17-18H,4-5,8-11,16H2. The number of hydrogen-bond acceptors (Lipinski definition) is 3. The molecule has 1 aliphatic carbocycles. The molecule has 100 valence electrons. The first-order chi connectivity index (χ1) is 8.85. The zero-order valence-corrected chi connectivity index (χ0v) is 10.9. The Labute approximate surface area is 109 Å². The zero-order chi connectivity index (χ0) is 12.8. The molecule has 0 aromatic heterocycles. The molecule has 0 amide bonds. The lowest BCUT2D eigenvalue weighted by Gasteiger charge is -2.34. The molecule has 3 atom stereocenters. The van der Waals surface area contributed by atoms with Crippen LogP contribution in [0.15, 0.2) is 30.3 Å². The van der Waals surface area contributed by atoms with Gasteiger partial charge in [0, 0.05) is 6.04 Å². The number of rotatable bonds is 5. The normalized spacial score (nSPS) is 25.9. The summed E-state index contributed by atoms with van der Waals surface area (Å²) in [4.78, 5) is 0. The van der Waals surface area contributed by atoms with Gasteiger partial charge in [0.15, 0.2) is 0 Å². The van der Waals surface area contributed by atoms with Crippen LogP contribution >= 0.6 is 0 Å². The molecule has 18 heavy (non-hydrogen) atoms. The number of nitrogens with two attached hydrogens (primary N) is 1. The second-order valence-electron chi connectivity index (χ2n) is 5.20. The Morgan fingerprint density at radius 3 is 2.61 bits per heavy atom. The van der Waals surface area contributed by atoms with Crippen LogP contribution in [0.1, 0.15) is 37.3 Å². The summed E-state index contributed by atoms with van der Waals surface area (Å²) in [6, 6.07) is 10.6. The highest BCUT2D eigenvalue weighted by molar-refractivity contribution is 5.19. The Morgan fingerprint density at radius 2 is 1.94 bits per heavy atom. The van der Waals surface area contributed by atoms with Crippen molar-refractivity contribution in [2.75, 3.05) is 13.2 Å². The quantitative estimate of drug-likeness (QED) is 0.745. The Kier molecular flexibility index (Phi) is 5.17. The summed E-state index contributed by atoms with van der Waals surface area (Å²) in [5, 5.41) is 13.2. The van der Waals surface area contributed by atoms with Crippen LogP contribution in [0.4, 0.5) is 0 Å². The minimum absolute atomic E-state index is 0.0309. The van der Waals surface area contributed by atoms with E-state index in [2.05, 4.69) is 17.4 Å². The minimum atomic E-state index is 0.0309. The molecule has 1 fully saturated rings. The average molecular weight is 248 g/mol. The molecule has 2 rings (SSSR count). The first-order valence-corrected chi connectivity index (χ1v) is 6.97. The van der Waals surface area contributed by atoms with E-state index in [9.17, 15) is 5.11 Å². The smallest absolute Gasteiger partial charge is 0.0626 e. The summed E-state index contributed by atoms with van der Waals surface area (Å²) < 4.78 is 0. The minimum Gasteiger partial charge on any atom is -0.394 e. The molecule has 0 spiro atoms. The SMILES string of the molecule is NCC1CCCCC1NC(CO)c1ccccc1. The van der Waals surface area contributed by atoms with E-state index in [1.165, 1.54) is 25.7 Å². The number of aliphatic hydroxyl groups is 1. The van der Waals surface area contributed by atoms with Crippen LogP contribution in [0.3, 0.4) is 0 Å². The van der Waals surface area contributed by atoms with Crippen LogP contribution in [0.2, 0.25) is 0 Å². The van der Waals surface area contributed by atoms with Crippen molar-refractivity contribution in [3.05, 3.63) is 35.9 Å². The lowest BCUT2D eigenvalue weighted by molar-refractivity contribution is 0.192. The van der Waals surface area contributed by atoms with Gasteiger partial charge in [-0.25, -0.2) is 0 Å². The molecule has 0 aliphatic heterocycles. The Bertz CT molecular complexity index is 342. The van der Waals surface area contributed by atoms with Crippen molar-refractivity contribution in [1.29, 1.82) is 0 Å². The molecule has 1 aliphatic rings. The second-order valence-corrected chi connectivity index (χ2v) is 5.20. The first kappa shape index (κ1) is 13.5. The van der Waals surface area contributed by atoms with Gasteiger partial charge in [0.2, 0.25) is 0 Å². The van der Waals surface area contributed by atoms with Gasteiger partial charge in [-0.15, -0.1) is 0 Å². The highest BCUT2D eigenvalue weighted by Crippen LogP contribution is 2.26. The number of nitrogens with one attached hydrogen (secondary N) is 1. The van der Waals surface area contributed by atoms with Crippen LogP contribution in [-0.2, 0) is 0 Å². The molecule has 0 radical (unpaired) electrons. The average Bonchev–Trinajstić information content (AvgIpc) is 2.46. The zero-order valence-electron chi connectivity index (χ0n) is 10.9. The molecule has 3 nitrogen and oxygen atoms in total. The predicted octanol–water partition coefficient (Wildman–Crippen LogP) is 1.83. The highest BCUT2D eigenvalue weighted by atomic mass is 16.3. The molecule has 0 saturated heterocycles. The van der Waals surface area contributed by atoms with Crippen molar-refractivity contribution < 1.29 is 5.11 Å². The summed E-state index contributed by atoms with van der Waals surface area (Å²) in [6.07, 6.45) is 4.93. The Balaban J connectivity index is 2.01. The van der Waals surface area contributed by atoms with Crippen molar-refractivity contribution in [2.45, 2.75) is 37.8 Å². The van der Waals surface area contributed by atoms with Crippen LogP contribution in [0, 0.1) is 5.92 Å². The van der Waals surface area contributed by atoms with Gasteiger partial charge >= 0.3 is 0 Å². The molecule has 1 saturated carbocycles. The number of hydrogen-bond donors (Lipinski definition) is 3. The van der Waals surface area contributed by atoms with Crippen molar-refractivity contribution in [3.63, 3.8) is 0 Å². The van der Waals surface area contributed by atoms with Crippen molar-refractivity contribution in [2.24, 2.45) is 11.7 Å². The van der Waals surface area contributed by atoms with Gasteiger partial charge in [-0.05, 0) is 30.9 Å². The third kappa shape index (κ3) is 3.31. The Hall–Kier alpha value is -0.900. The maximum Gasteiger partial charge on any atom is 0.0626 e. The molecular weight excluding hydrogens is 224 g/mol. The van der Waals surface area contributed by atoms with Crippen LogP contribution in [0.5, 0.6) is 0 Å². The third-order valence-electron chi connectivity index (χ3n) is 4.01. The molecule has 3 heteroatoms. The molecule has 1 aromatic rings. The predicted molar refractivity (Wildman–Crippen MR) is 74.2 cm³/mol. The molecule has 1 aromatic carbocycles. The maximum absolute atomic E-state index is 9.58. The number of aliphatic hydroxyl groups excluding tert-OH is 1. The fourth-order valence-electron chi connectivity index (χ4n) is 2.91. The summed E-state index contributed by atoms with van der Waals surface area (Å²) >= 11 is 0. The van der Waals surface area contributed by atoms with Gasteiger partial charge in [-0.2, -0.15) is 0 Å². The lowest BCUT2D eigenvalue weighted by Crippen LogP contribution is -2.44. The second kappa shape index (κ2) is 6.88. The van der Waals surface area contributed by atoms with E-state index in [1.54, 1.807) is 0 Å². The molecule has 0 bridgehead atoms. The fourth-order valence-corrected chi connectivity index (χ4v) is 2.91. The van der Waals surface area contributed by atoms with E-state index in [0.29, 0.717) is 12.0 Å². The first-order valence-electron chi connectivity index (χ1n) is 6.97. The maximum atomic E-state index is 9.58. The molecule has 0 heterocycles. The third-order valence-corrected chi connectivity index (χ3v) is 4.01. The Morgan fingerprint density at radius 1 is 1.22 bits per heavy atom. The topological polar surface area (TPSA) is 58.3 Å². The summed E-state index contributed by atoms with van der Waals surface area (Å²) in [5.41, 5.74) is 7.00. The fraction of sp³-hybridized carbons (Fsp3) is 0.600. The van der Waals surface area contributed by atoms with Gasteiger partial charge in [0.1, 0.15) is 0 Å². The summed E-state index contributed by atoms with van der Waals surface area (Å²) in [6.45, 7) is 0.877. The molecule has 3 unspecified atom stereocenters. The monoisotopic (exact) mass is 248 g/mol. The van der Waals surface area contributed by atoms with Crippen LogP contribution in [-0.4, -0.2) is 24.3 Å². The van der Waals surface area contributed by atoms with Gasteiger partial charge in [0.05, 0.1) is 12.6 Å². The van der Waals surface area contributed by atoms with Crippen LogP contribution < -0.4 is 11.1 Å². The molecular formula is C15H24N2O. The van der Waals surface area contributed by atoms with E-state index >= 15 is 0 Å². The van der Waals surface area contributed by atoms with Gasteiger partial charge in [-0.3, -0.25) is 0 Å². The van der Waals surface area contributed by atoms with Crippen LogP contribution in [0.25, 0.3) is 0 Å². The highest BCUT2D eigenvalue weighted by Gasteiger charge is 2.26.